The highest BCUT2D eigenvalue weighted by atomic mass is 35.5. The molecule has 0 amide bonds. The average Bonchev–Trinajstić information content (AvgIpc) is 3.68. The van der Waals surface area contributed by atoms with Crippen LogP contribution in [0.4, 0.5) is 5.82 Å². The molecule has 0 radical (unpaired) electrons. The molecule has 11 heteroatoms. The molecule has 10 nitrogen and oxygen atoms in total. The van der Waals surface area contributed by atoms with Gasteiger partial charge in [0.1, 0.15) is 17.1 Å². The molecule has 2 heterocycles. The molecule has 2 aromatic carbocycles. The number of anilines is 1. The number of carboxylic acid groups (broad SMARTS) is 2. The maximum absolute atomic E-state index is 11.9. The normalized spacial score (nSPS) is 13.8. The van der Waals surface area contributed by atoms with Gasteiger partial charge in [-0.3, -0.25) is 4.79 Å². The van der Waals surface area contributed by atoms with E-state index in [1.165, 1.54) is 0 Å². The first kappa shape index (κ1) is 26.4. The van der Waals surface area contributed by atoms with E-state index in [4.69, 9.17) is 26.4 Å². The van der Waals surface area contributed by atoms with E-state index in [2.05, 4.69) is 22.2 Å². The zero-order valence-electron chi connectivity index (χ0n) is 21.5. The van der Waals surface area contributed by atoms with Crippen LogP contribution in [-0.4, -0.2) is 54.3 Å². The van der Waals surface area contributed by atoms with Crippen molar-refractivity contribution in [1.29, 1.82) is 0 Å². The minimum atomic E-state index is -1.25. The van der Waals surface area contributed by atoms with Crippen molar-refractivity contribution < 1.29 is 24.5 Å². The lowest BCUT2D eigenvalue weighted by Gasteiger charge is -2.17. The van der Waals surface area contributed by atoms with Gasteiger partial charge in [-0.15, -0.1) is 0 Å². The minimum Gasteiger partial charge on any atom is -0.492 e. The SMILES string of the molecule is Cc1ccc(OCCC(=O)O)c(-c2nc3nc(C(=O)O)nc(NC(C)C4CC4)c3n2Cc2ccc(Cl)cc2)c1. The first-order valence-corrected chi connectivity index (χ1v) is 13.1. The summed E-state index contributed by atoms with van der Waals surface area (Å²) in [5, 5.41) is 22.8. The van der Waals surface area contributed by atoms with Gasteiger partial charge in [0.05, 0.1) is 18.6 Å². The molecule has 0 bridgehead atoms. The Morgan fingerprint density at radius 2 is 1.87 bits per heavy atom. The number of nitrogens with one attached hydrogen (secondary N) is 1. The van der Waals surface area contributed by atoms with Crippen molar-refractivity contribution >= 4 is 40.5 Å². The van der Waals surface area contributed by atoms with Gasteiger partial charge < -0.3 is 24.8 Å². The molecule has 0 spiro atoms. The Bertz CT molecular complexity index is 1550. The van der Waals surface area contributed by atoms with Crippen molar-refractivity contribution in [3.8, 4) is 17.1 Å². The van der Waals surface area contributed by atoms with Gasteiger partial charge in [0.25, 0.3) is 0 Å². The number of ether oxygens (including phenoxy) is 1. The van der Waals surface area contributed by atoms with E-state index in [9.17, 15) is 14.7 Å². The monoisotopic (exact) mass is 549 g/mol. The zero-order chi connectivity index (χ0) is 27.7. The van der Waals surface area contributed by atoms with Crippen LogP contribution in [0.5, 0.6) is 5.75 Å². The highest BCUT2D eigenvalue weighted by Crippen LogP contribution is 2.37. The number of carbonyl (C=O) groups is 2. The van der Waals surface area contributed by atoms with Crippen molar-refractivity contribution in [3.05, 3.63) is 64.4 Å². The number of aryl methyl sites for hydroxylation is 1. The van der Waals surface area contributed by atoms with Crippen molar-refractivity contribution in [1.82, 2.24) is 19.5 Å². The van der Waals surface area contributed by atoms with E-state index in [0.717, 1.165) is 24.0 Å². The molecule has 4 aromatic rings. The number of rotatable bonds is 11. The number of hydrogen-bond acceptors (Lipinski definition) is 7. The van der Waals surface area contributed by atoms with E-state index in [1.807, 2.05) is 35.8 Å². The highest BCUT2D eigenvalue weighted by molar-refractivity contribution is 6.30. The van der Waals surface area contributed by atoms with Crippen LogP contribution in [0.3, 0.4) is 0 Å². The molecular weight excluding hydrogens is 522 g/mol. The zero-order valence-corrected chi connectivity index (χ0v) is 22.3. The smallest absolute Gasteiger partial charge is 0.374 e. The summed E-state index contributed by atoms with van der Waals surface area (Å²) < 4.78 is 7.81. The Kier molecular flexibility index (Phi) is 7.38. The van der Waals surface area contributed by atoms with E-state index < -0.39 is 11.9 Å². The third-order valence-corrected chi connectivity index (χ3v) is 6.94. The lowest BCUT2D eigenvalue weighted by molar-refractivity contribution is -0.137. The first-order chi connectivity index (χ1) is 18.7. The van der Waals surface area contributed by atoms with Crippen LogP contribution < -0.4 is 10.1 Å². The maximum Gasteiger partial charge on any atom is 0.374 e. The molecule has 1 aliphatic carbocycles. The lowest BCUT2D eigenvalue weighted by atomic mass is 10.1. The molecule has 2 aromatic heterocycles. The van der Waals surface area contributed by atoms with Crippen LogP contribution in [0.2, 0.25) is 5.02 Å². The fourth-order valence-electron chi connectivity index (χ4n) is 4.49. The predicted octanol–water partition coefficient (Wildman–Crippen LogP) is 5.27. The summed E-state index contributed by atoms with van der Waals surface area (Å²) in [5.41, 5.74) is 3.30. The van der Waals surface area contributed by atoms with E-state index >= 15 is 0 Å². The summed E-state index contributed by atoms with van der Waals surface area (Å²) in [5.74, 6) is -0.726. The fourth-order valence-corrected chi connectivity index (χ4v) is 4.61. The summed E-state index contributed by atoms with van der Waals surface area (Å²) in [6, 6.07) is 13.1. The highest BCUT2D eigenvalue weighted by Gasteiger charge is 2.30. The number of aromatic carboxylic acids is 1. The maximum atomic E-state index is 11.9. The molecule has 202 valence electrons. The number of carboxylic acids is 2. The molecule has 1 fully saturated rings. The average molecular weight is 550 g/mol. The summed E-state index contributed by atoms with van der Waals surface area (Å²) in [6.45, 7) is 4.34. The molecule has 5 rings (SSSR count). The van der Waals surface area contributed by atoms with Gasteiger partial charge in [-0.2, -0.15) is 0 Å². The van der Waals surface area contributed by atoms with Gasteiger partial charge >= 0.3 is 11.9 Å². The Morgan fingerprint density at radius 3 is 2.54 bits per heavy atom. The van der Waals surface area contributed by atoms with Crippen molar-refractivity contribution in [2.75, 3.05) is 11.9 Å². The number of aliphatic carboxylic acids is 1. The van der Waals surface area contributed by atoms with E-state index in [1.54, 1.807) is 18.2 Å². The standard InChI is InChI=1S/C28H28ClN5O5/c1-15-3-10-21(39-12-11-22(35)36)20(13-15)27-33-25-23(34(27)14-17-4-8-19(29)9-5-17)24(30-16(2)18-6-7-18)31-26(32-25)28(37)38/h3-5,8-10,13,16,18H,6-7,11-12,14H2,1-2H3,(H,35,36)(H,37,38)(H,30,31,32). The van der Waals surface area contributed by atoms with Crippen LogP contribution in [0.15, 0.2) is 42.5 Å². The fraction of sp³-hybridized carbons (Fsp3) is 0.321. The van der Waals surface area contributed by atoms with Crippen LogP contribution in [0, 0.1) is 12.8 Å². The second kappa shape index (κ2) is 10.9. The van der Waals surface area contributed by atoms with Crippen molar-refractivity contribution in [3.63, 3.8) is 0 Å². The molecular formula is C28H28ClN5O5. The first-order valence-electron chi connectivity index (χ1n) is 12.7. The Labute approximate surface area is 229 Å². The van der Waals surface area contributed by atoms with Gasteiger partial charge in [0.15, 0.2) is 11.5 Å². The summed E-state index contributed by atoms with van der Waals surface area (Å²) in [7, 11) is 0. The molecule has 3 N–H and O–H groups in total. The Morgan fingerprint density at radius 1 is 1.13 bits per heavy atom. The van der Waals surface area contributed by atoms with Crippen molar-refractivity contribution in [2.24, 2.45) is 5.92 Å². The summed E-state index contributed by atoms with van der Waals surface area (Å²) in [6.07, 6.45) is 2.04. The van der Waals surface area contributed by atoms with Crippen LogP contribution in [-0.2, 0) is 11.3 Å². The topological polar surface area (TPSA) is 139 Å². The molecule has 0 saturated heterocycles. The molecule has 0 aliphatic heterocycles. The third-order valence-electron chi connectivity index (χ3n) is 6.69. The van der Waals surface area contributed by atoms with Crippen molar-refractivity contribution in [2.45, 2.75) is 45.7 Å². The molecule has 1 atom stereocenters. The van der Waals surface area contributed by atoms with Crippen LogP contribution in [0.1, 0.15) is 47.9 Å². The van der Waals surface area contributed by atoms with E-state index in [-0.39, 0.29) is 30.5 Å². The second-order valence-electron chi connectivity index (χ2n) is 9.78. The number of fused-ring (bicyclic) bond motifs is 1. The number of imidazole rings is 1. The van der Waals surface area contributed by atoms with Gasteiger partial charge in [-0.25, -0.2) is 19.7 Å². The molecule has 1 saturated carbocycles. The number of aromatic nitrogens is 4. The molecule has 1 unspecified atom stereocenters. The number of nitrogens with zero attached hydrogens (tertiary/aromatic N) is 4. The van der Waals surface area contributed by atoms with Gasteiger partial charge in [-0.05, 0) is 62.4 Å². The Balaban J connectivity index is 1.71. The van der Waals surface area contributed by atoms with Gasteiger partial charge in [0.2, 0.25) is 5.82 Å². The number of halogens is 1. The third kappa shape index (κ3) is 5.96. The second-order valence-corrected chi connectivity index (χ2v) is 10.2. The van der Waals surface area contributed by atoms with Gasteiger partial charge in [0, 0.05) is 17.6 Å². The summed E-state index contributed by atoms with van der Waals surface area (Å²) in [4.78, 5) is 36.5. The number of benzene rings is 2. The molecule has 39 heavy (non-hydrogen) atoms. The lowest BCUT2D eigenvalue weighted by Crippen LogP contribution is -2.20. The predicted molar refractivity (Wildman–Crippen MR) is 147 cm³/mol. The molecule has 1 aliphatic rings. The van der Waals surface area contributed by atoms with Gasteiger partial charge in [-0.1, -0.05) is 35.4 Å². The summed E-state index contributed by atoms with van der Waals surface area (Å²) >= 11 is 6.13. The van der Waals surface area contributed by atoms with Crippen LogP contribution >= 0.6 is 11.6 Å². The quantitative estimate of drug-likeness (QED) is 0.228. The Hall–Kier alpha value is -4.18. The van der Waals surface area contributed by atoms with E-state index in [0.29, 0.717) is 46.0 Å². The minimum absolute atomic E-state index is 0.0164. The van der Waals surface area contributed by atoms with Crippen LogP contribution in [0.25, 0.3) is 22.6 Å². The number of hydrogen-bond donors (Lipinski definition) is 3. The largest absolute Gasteiger partial charge is 0.492 e.